The predicted molar refractivity (Wildman–Crippen MR) is 34.0 cm³/mol. The van der Waals surface area contributed by atoms with Crippen molar-refractivity contribution in [3.8, 4) is 0 Å². The summed E-state index contributed by atoms with van der Waals surface area (Å²) in [6.45, 7) is 3.75. The first-order chi connectivity index (χ1) is 2.41. The van der Waals surface area contributed by atoms with Crippen molar-refractivity contribution in [3.05, 3.63) is 0 Å². The van der Waals surface area contributed by atoms with E-state index in [0.717, 1.165) is 12.7 Å². The van der Waals surface area contributed by atoms with Gasteiger partial charge in [0.15, 0.2) is 0 Å². The van der Waals surface area contributed by atoms with E-state index >= 15 is 0 Å². The summed E-state index contributed by atoms with van der Waals surface area (Å²) in [4.78, 5) is 0. The summed E-state index contributed by atoms with van der Waals surface area (Å²) in [5.41, 5.74) is 0. The van der Waals surface area contributed by atoms with E-state index in [1.807, 2.05) is 0 Å². The first-order valence-corrected chi connectivity index (χ1v) is 2.27. The lowest BCUT2D eigenvalue weighted by atomic mass is 10.0. The Labute approximate surface area is 50.8 Å². The topological polar surface area (TPSA) is 0 Å². The zero-order chi connectivity index (χ0) is 4.12. The fraction of sp³-hybridized carbons (Fsp3) is 1.00. The molecule has 37 valence electrons. The third-order valence-electron chi connectivity index (χ3n) is 0.398. The highest BCUT2D eigenvalue weighted by atomic mass is 35.5. The SMILES string of the molecule is CCC[B]Cl.Cl. The van der Waals surface area contributed by atoms with Gasteiger partial charge in [0.2, 0.25) is 6.69 Å². The van der Waals surface area contributed by atoms with Crippen LogP contribution in [-0.2, 0) is 0 Å². The van der Waals surface area contributed by atoms with Gasteiger partial charge in [-0.05, 0) is 0 Å². The van der Waals surface area contributed by atoms with Crippen LogP contribution < -0.4 is 0 Å². The molecular formula is C3H8BCl2. The summed E-state index contributed by atoms with van der Waals surface area (Å²) < 4.78 is 0. The second-order valence-electron chi connectivity index (χ2n) is 0.943. The van der Waals surface area contributed by atoms with E-state index in [0.29, 0.717) is 0 Å². The molecule has 0 fully saturated rings. The fourth-order valence-corrected chi connectivity index (χ4v) is 0.327. The van der Waals surface area contributed by atoms with E-state index in [2.05, 4.69) is 6.92 Å². The van der Waals surface area contributed by atoms with Crippen molar-refractivity contribution in [2.24, 2.45) is 0 Å². The van der Waals surface area contributed by atoms with Crippen molar-refractivity contribution in [3.63, 3.8) is 0 Å². The smallest absolute Gasteiger partial charge is 0.204 e. The minimum atomic E-state index is 0. The Hall–Kier alpha value is 0.645. The molecule has 1 radical (unpaired) electrons. The van der Waals surface area contributed by atoms with Gasteiger partial charge in [0.25, 0.3) is 0 Å². The molecule has 0 aliphatic carbocycles. The highest BCUT2D eigenvalue weighted by Gasteiger charge is 1.74. The van der Waals surface area contributed by atoms with Gasteiger partial charge in [0.1, 0.15) is 0 Å². The van der Waals surface area contributed by atoms with Crippen molar-refractivity contribution in [1.29, 1.82) is 0 Å². The average molecular weight is 126 g/mol. The maximum atomic E-state index is 5.18. The molecule has 0 heterocycles. The highest BCUT2D eigenvalue weighted by molar-refractivity contribution is 6.93. The molecule has 0 aromatic rings. The zero-order valence-electron chi connectivity index (χ0n) is 3.78. The summed E-state index contributed by atoms with van der Waals surface area (Å²) in [7, 11) is 0. The second kappa shape index (κ2) is 9.17. The van der Waals surface area contributed by atoms with Gasteiger partial charge in [0, 0.05) is 0 Å². The number of halogens is 2. The number of rotatable bonds is 2. The van der Waals surface area contributed by atoms with Gasteiger partial charge >= 0.3 is 0 Å². The summed E-state index contributed by atoms with van der Waals surface area (Å²) in [5.74, 6) is 0. The van der Waals surface area contributed by atoms with Crippen LogP contribution in [0.4, 0.5) is 0 Å². The molecule has 0 aromatic carbocycles. The maximum absolute atomic E-state index is 5.18. The average Bonchev–Trinajstić information content (AvgIpc) is 1.41. The Balaban J connectivity index is 0. The van der Waals surface area contributed by atoms with Crippen molar-refractivity contribution < 1.29 is 0 Å². The number of hydrogen-bond acceptors (Lipinski definition) is 0. The Morgan fingerprint density at radius 2 is 2.17 bits per heavy atom. The molecule has 0 bridgehead atoms. The Morgan fingerprint density at radius 1 is 1.67 bits per heavy atom. The third-order valence-corrected chi connectivity index (χ3v) is 0.616. The predicted octanol–water partition coefficient (Wildman–Crippen LogP) is 2.09. The molecule has 0 unspecified atom stereocenters. The largest absolute Gasteiger partial charge is 0.238 e. The molecule has 0 aromatic heterocycles. The van der Waals surface area contributed by atoms with Crippen molar-refractivity contribution in [2.45, 2.75) is 19.7 Å². The van der Waals surface area contributed by atoms with Gasteiger partial charge in [-0.15, -0.1) is 12.4 Å². The summed E-state index contributed by atoms with van der Waals surface area (Å²) >= 11 is 5.18. The molecule has 0 spiro atoms. The Kier molecular flexibility index (Phi) is 15.0. The van der Waals surface area contributed by atoms with Crippen molar-refractivity contribution in [2.75, 3.05) is 0 Å². The van der Waals surface area contributed by atoms with Gasteiger partial charge in [-0.25, -0.2) is 11.5 Å². The van der Waals surface area contributed by atoms with Crippen LogP contribution in [0, 0.1) is 0 Å². The fourth-order valence-electron chi connectivity index (χ4n) is 0.109. The van der Waals surface area contributed by atoms with Gasteiger partial charge < -0.3 is 0 Å². The van der Waals surface area contributed by atoms with Crippen molar-refractivity contribution >= 4 is 30.6 Å². The van der Waals surface area contributed by atoms with Crippen LogP contribution in [0.2, 0.25) is 6.32 Å². The molecule has 6 heavy (non-hydrogen) atoms. The molecule has 0 saturated carbocycles. The third kappa shape index (κ3) is 8.82. The molecule has 0 aliphatic heterocycles. The normalized spacial score (nSPS) is 6.33. The van der Waals surface area contributed by atoms with E-state index < -0.39 is 0 Å². The van der Waals surface area contributed by atoms with Gasteiger partial charge in [0.05, 0.1) is 0 Å². The molecule has 0 nitrogen and oxygen atoms in total. The highest BCUT2D eigenvalue weighted by Crippen LogP contribution is 1.85. The van der Waals surface area contributed by atoms with E-state index in [1.165, 1.54) is 0 Å². The summed E-state index contributed by atoms with van der Waals surface area (Å²) in [6.07, 6.45) is 2.19. The number of hydrogen-bond donors (Lipinski definition) is 0. The van der Waals surface area contributed by atoms with E-state index in [9.17, 15) is 0 Å². The van der Waals surface area contributed by atoms with Crippen LogP contribution in [0.5, 0.6) is 0 Å². The molecule has 3 heteroatoms. The molecule has 0 N–H and O–H groups in total. The van der Waals surface area contributed by atoms with E-state index in [-0.39, 0.29) is 12.4 Å². The molecular weight excluding hydrogens is 118 g/mol. The Bertz CT molecular complexity index is 16.3. The van der Waals surface area contributed by atoms with E-state index in [1.54, 1.807) is 6.69 Å². The van der Waals surface area contributed by atoms with Crippen molar-refractivity contribution in [1.82, 2.24) is 0 Å². The standard InChI is InChI=1S/C3H7BCl.ClH/c1-2-3-4-5;/h2-3H2,1H3;1H. The lowest BCUT2D eigenvalue weighted by molar-refractivity contribution is 1.08. The lowest BCUT2D eigenvalue weighted by Crippen LogP contribution is -1.69. The first kappa shape index (κ1) is 9.81. The van der Waals surface area contributed by atoms with Gasteiger partial charge in [-0.3, -0.25) is 0 Å². The summed E-state index contributed by atoms with van der Waals surface area (Å²) in [5, 5.41) is 0. The van der Waals surface area contributed by atoms with Crippen LogP contribution in [0.15, 0.2) is 0 Å². The van der Waals surface area contributed by atoms with Crippen LogP contribution in [0.25, 0.3) is 0 Å². The maximum Gasteiger partial charge on any atom is 0.238 e. The zero-order valence-corrected chi connectivity index (χ0v) is 5.35. The van der Waals surface area contributed by atoms with Gasteiger partial charge in [-0.2, -0.15) is 0 Å². The van der Waals surface area contributed by atoms with Crippen LogP contribution in [-0.4, -0.2) is 6.69 Å². The second-order valence-corrected chi connectivity index (χ2v) is 1.25. The summed E-state index contributed by atoms with van der Waals surface area (Å²) in [6, 6.07) is 0. The van der Waals surface area contributed by atoms with Crippen LogP contribution in [0.1, 0.15) is 13.3 Å². The quantitative estimate of drug-likeness (QED) is 0.496. The minimum absolute atomic E-state index is 0. The molecule has 0 amide bonds. The Morgan fingerprint density at radius 3 is 2.17 bits per heavy atom. The molecule has 0 rings (SSSR count). The minimum Gasteiger partial charge on any atom is -0.204 e. The molecule has 0 atom stereocenters. The van der Waals surface area contributed by atoms with Crippen LogP contribution >= 0.6 is 23.9 Å². The lowest BCUT2D eigenvalue weighted by Gasteiger charge is -1.74. The van der Waals surface area contributed by atoms with Gasteiger partial charge in [-0.1, -0.05) is 19.7 Å². The van der Waals surface area contributed by atoms with E-state index in [4.69, 9.17) is 11.5 Å². The monoisotopic (exact) mass is 125 g/mol. The molecule has 0 aliphatic rings. The first-order valence-electron chi connectivity index (χ1n) is 1.83. The molecule has 0 saturated heterocycles. The van der Waals surface area contributed by atoms with Crippen LogP contribution in [0.3, 0.4) is 0 Å².